The lowest BCUT2D eigenvalue weighted by molar-refractivity contribution is 0.488. The molecule has 8 rings (SSSR count). The Labute approximate surface area is 256 Å². The zero-order valence-corrected chi connectivity index (χ0v) is 25.4. The van der Waals surface area contributed by atoms with Crippen LogP contribution in [0.2, 0.25) is 0 Å². The minimum Gasteiger partial charge on any atom is -0.456 e. The van der Waals surface area contributed by atoms with Crippen LogP contribution < -0.4 is 9.47 Å². The highest BCUT2D eigenvalue weighted by Crippen LogP contribution is 2.43. The van der Waals surface area contributed by atoms with E-state index in [4.69, 9.17) is 9.47 Å². The van der Waals surface area contributed by atoms with Crippen LogP contribution in [0.3, 0.4) is 0 Å². The Morgan fingerprint density at radius 3 is 2.21 bits per heavy atom. The van der Waals surface area contributed by atoms with E-state index < -0.39 is 0 Å². The molecule has 0 aliphatic heterocycles. The SMILES string of the molecule is Cc1cc(Oc2cccc3c4c(sc23)CCC=C4)ccc1Sc1ccc(Oc2cccc3c2sc2ccccc23)cc1. The largest absolute Gasteiger partial charge is 0.456 e. The van der Waals surface area contributed by atoms with Crippen molar-refractivity contribution in [2.24, 2.45) is 0 Å². The lowest BCUT2D eigenvalue weighted by Gasteiger charge is -2.11. The van der Waals surface area contributed by atoms with E-state index >= 15 is 0 Å². The number of hydrogen-bond acceptors (Lipinski definition) is 5. The molecule has 5 heteroatoms. The van der Waals surface area contributed by atoms with Gasteiger partial charge in [-0.3, -0.25) is 0 Å². The average molecular weight is 599 g/mol. The third-order valence-electron chi connectivity index (χ3n) is 7.64. The summed E-state index contributed by atoms with van der Waals surface area (Å²) in [5.74, 6) is 3.53. The summed E-state index contributed by atoms with van der Waals surface area (Å²) in [4.78, 5) is 3.84. The van der Waals surface area contributed by atoms with Crippen molar-refractivity contribution in [3.8, 4) is 23.0 Å². The minimum atomic E-state index is 0.838. The van der Waals surface area contributed by atoms with Crippen LogP contribution in [-0.2, 0) is 6.42 Å². The molecule has 2 nitrogen and oxygen atoms in total. The van der Waals surface area contributed by atoms with Crippen molar-refractivity contribution in [3.63, 3.8) is 0 Å². The molecule has 0 atom stereocenters. The van der Waals surface area contributed by atoms with E-state index in [0.717, 1.165) is 35.8 Å². The fourth-order valence-electron chi connectivity index (χ4n) is 5.58. The third-order valence-corrected chi connectivity index (χ3v) is 11.3. The Kier molecular flexibility index (Phi) is 6.52. The lowest BCUT2D eigenvalue weighted by atomic mass is 10.0. The van der Waals surface area contributed by atoms with Gasteiger partial charge < -0.3 is 9.47 Å². The predicted molar refractivity (Wildman–Crippen MR) is 180 cm³/mol. The summed E-state index contributed by atoms with van der Waals surface area (Å²) in [7, 11) is 0. The van der Waals surface area contributed by atoms with Crippen molar-refractivity contribution in [3.05, 3.63) is 125 Å². The number of ether oxygens (including phenoxy) is 2. The van der Waals surface area contributed by atoms with E-state index in [1.165, 1.54) is 56.1 Å². The molecule has 0 radical (unpaired) electrons. The number of allylic oxidation sites excluding steroid dienone is 1. The molecule has 204 valence electrons. The molecule has 0 saturated heterocycles. The maximum Gasteiger partial charge on any atom is 0.145 e. The molecule has 2 aromatic heterocycles. The fraction of sp³-hybridized carbons (Fsp3) is 0.0811. The molecule has 1 aliphatic rings. The molecule has 0 unspecified atom stereocenters. The normalized spacial score (nSPS) is 12.7. The highest BCUT2D eigenvalue weighted by molar-refractivity contribution is 7.99. The number of hydrogen-bond donors (Lipinski definition) is 0. The highest BCUT2D eigenvalue weighted by atomic mass is 32.2. The summed E-state index contributed by atoms with van der Waals surface area (Å²) in [6.07, 6.45) is 6.77. The van der Waals surface area contributed by atoms with Crippen molar-refractivity contribution < 1.29 is 9.47 Å². The second-order valence-corrected chi connectivity index (χ2v) is 13.7. The van der Waals surface area contributed by atoms with Crippen LogP contribution in [0.1, 0.15) is 22.4 Å². The van der Waals surface area contributed by atoms with Gasteiger partial charge in [-0.25, -0.2) is 0 Å². The molecule has 1 aliphatic carbocycles. The van der Waals surface area contributed by atoms with E-state index in [2.05, 4.69) is 122 Å². The maximum absolute atomic E-state index is 6.44. The summed E-state index contributed by atoms with van der Waals surface area (Å²) in [6.45, 7) is 2.15. The molecule has 2 heterocycles. The third kappa shape index (κ3) is 4.68. The van der Waals surface area contributed by atoms with Crippen LogP contribution in [0.4, 0.5) is 0 Å². The van der Waals surface area contributed by atoms with Crippen LogP contribution >= 0.6 is 34.4 Å². The Bertz CT molecular complexity index is 2130. The Morgan fingerprint density at radius 2 is 1.38 bits per heavy atom. The van der Waals surface area contributed by atoms with E-state index in [-0.39, 0.29) is 0 Å². The van der Waals surface area contributed by atoms with Gasteiger partial charge in [-0.15, -0.1) is 22.7 Å². The molecular weight excluding hydrogens is 573 g/mol. The Morgan fingerprint density at radius 1 is 0.667 bits per heavy atom. The van der Waals surface area contributed by atoms with Crippen LogP contribution in [0, 0.1) is 6.92 Å². The van der Waals surface area contributed by atoms with E-state index in [9.17, 15) is 0 Å². The van der Waals surface area contributed by atoms with Gasteiger partial charge in [0, 0.05) is 35.5 Å². The van der Waals surface area contributed by atoms with Crippen molar-refractivity contribution in [2.45, 2.75) is 29.6 Å². The first kappa shape index (κ1) is 25.7. The van der Waals surface area contributed by atoms with Crippen LogP contribution in [0.5, 0.6) is 23.0 Å². The second-order valence-electron chi connectivity index (χ2n) is 10.4. The zero-order chi connectivity index (χ0) is 28.0. The monoisotopic (exact) mass is 598 g/mol. The van der Waals surface area contributed by atoms with Gasteiger partial charge in [-0.1, -0.05) is 66.4 Å². The van der Waals surface area contributed by atoms with E-state index in [1.54, 1.807) is 23.1 Å². The minimum absolute atomic E-state index is 0.838. The lowest BCUT2D eigenvalue weighted by Crippen LogP contribution is -1.88. The zero-order valence-electron chi connectivity index (χ0n) is 22.9. The summed E-state index contributed by atoms with van der Waals surface area (Å²) in [5, 5.41) is 3.81. The van der Waals surface area contributed by atoms with Crippen molar-refractivity contribution >= 4 is 70.8 Å². The fourth-order valence-corrected chi connectivity index (χ4v) is 8.87. The first-order valence-electron chi connectivity index (χ1n) is 14.0. The topological polar surface area (TPSA) is 18.5 Å². The van der Waals surface area contributed by atoms with Gasteiger partial charge in [0.15, 0.2) is 0 Å². The quantitative estimate of drug-likeness (QED) is 0.190. The molecule has 0 spiro atoms. The molecule has 0 saturated carbocycles. The van der Waals surface area contributed by atoms with Gasteiger partial charge in [0.2, 0.25) is 0 Å². The van der Waals surface area contributed by atoms with Gasteiger partial charge in [-0.2, -0.15) is 0 Å². The van der Waals surface area contributed by atoms with Crippen LogP contribution in [0.15, 0.2) is 119 Å². The molecular formula is C37H26O2S3. The Hall–Kier alpha value is -4.03. The Balaban J connectivity index is 0.990. The first-order chi connectivity index (χ1) is 20.7. The van der Waals surface area contributed by atoms with Gasteiger partial charge in [0.05, 0.1) is 9.40 Å². The molecule has 0 N–H and O–H groups in total. The van der Waals surface area contributed by atoms with Crippen LogP contribution in [0.25, 0.3) is 36.3 Å². The van der Waals surface area contributed by atoms with Crippen molar-refractivity contribution in [1.29, 1.82) is 0 Å². The average Bonchev–Trinajstić information content (AvgIpc) is 3.60. The molecule has 0 fully saturated rings. The number of thiophene rings is 2. The molecule has 7 aromatic rings. The highest BCUT2D eigenvalue weighted by Gasteiger charge is 2.16. The van der Waals surface area contributed by atoms with Crippen LogP contribution in [-0.4, -0.2) is 0 Å². The van der Waals surface area contributed by atoms with Crippen molar-refractivity contribution in [1.82, 2.24) is 0 Å². The molecule has 5 aromatic carbocycles. The predicted octanol–water partition coefficient (Wildman–Crippen LogP) is 12.3. The molecule has 0 amide bonds. The molecule has 0 bridgehead atoms. The number of fused-ring (bicyclic) bond motifs is 6. The van der Waals surface area contributed by atoms with E-state index in [0.29, 0.717) is 0 Å². The number of aryl methyl sites for hydroxylation is 2. The smallest absolute Gasteiger partial charge is 0.145 e. The van der Waals surface area contributed by atoms with Gasteiger partial charge >= 0.3 is 0 Å². The van der Waals surface area contributed by atoms with Gasteiger partial charge in [0.1, 0.15) is 23.0 Å². The first-order valence-corrected chi connectivity index (χ1v) is 16.5. The van der Waals surface area contributed by atoms with E-state index in [1.807, 2.05) is 11.3 Å². The maximum atomic E-state index is 6.44. The standard InChI is InChI=1S/C37H26O2S3/c1-23-22-25(39-32-13-7-11-30-28-9-3-5-15-35(28)42-37(30)32)18-21-33(23)40-26-19-16-24(17-20-26)38-31-12-6-10-29-27-8-2-4-14-34(27)41-36(29)31/h2-4,6-14,16-22H,5,15H2,1H3. The second kappa shape index (κ2) is 10.7. The van der Waals surface area contributed by atoms with Crippen molar-refractivity contribution in [2.75, 3.05) is 0 Å². The summed E-state index contributed by atoms with van der Waals surface area (Å²) >= 11 is 5.40. The van der Waals surface area contributed by atoms with Gasteiger partial charge in [-0.05, 0) is 91.6 Å². The molecule has 42 heavy (non-hydrogen) atoms. The summed E-state index contributed by atoms with van der Waals surface area (Å²) in [5.41, 5.74) is 2.55. The summed E-state index contributed by atoms with van der Waals surface area (Å²) in [6, 6.07) is 35.9. The summed E-state index contributed by atoms with van der Waals surface area (Å²) < 4.78 is 16.5. The number of benzene rings is 5. The van der Waals surface area contributed by atoms with Gasteiger partial charge in [0.25, 0.3) is 0 Å². The number of rotatable bonds is 6.